The molecule has 0 fully saturated rings. The number of nitrogens with one attached hydrogen (secondary N) is 1. The van der Waals surface area contributed by atoms with Crippen LogP contribution in [-0.2, 0) is 35.8 Å². The number of nitrogens with zero attached hydrogens (tertiary/aromatic N) is 6. The molecule has 12 nitrogen and oxygen atoms in total. The third kappa shape index (κ3) is 7.76. The van der Waals surface area contributed by atoms with Gasteiger partial charge < -0.3 is 19.2 Å². The van der Waals surface area contributed by atoms with Gasteiger partial charge in [0, 0.05) is 36.7 Å². The Labute approximate surface area is 305 Å². The highest BCUT2D eigenvalue weighted by Crippen LogP contribution is 2.32. The van der Waals surface area contributed by atoms with Crippen molar-refractivity contribution in [1.82, 2.24) is 29.5 Å². The Hall–Kier alpha value is -6.82. The summed E-state index contributed by atoms with van der Waals surface area (Å²) in [5, 5.41) is 8.70. The van der Waals surface area contributed by atoms with Crippen molar-refractivity contribution in [3.8, 4) is 0 Å². The zero-order valence-electron chi connectivity index (χ0n) is 29.5. The molecule has 0 aliphatic rings. The molecule has 7 aromatic rings. The van der Waals surface area contributed by atoms with Crippen LogP contribution in [0.1, 0.15) is 49.4 Å². The van der Waals surface area contributed by atoms with E-state index in [1.807, 2.05) is 122 Å². The summed E-state index contributed by atoms with van der Waals surface area (Å²) < 4.78 is 14.9. The SMILES string of the molecule is Cc1ccc2nc(Cn3cc(C(=O)NCc4c(C)cc5c(N(C(=O)OCc6ccccc6)C(=O)OCc6ccccc6)nccc5c4C)cn3)cn2c1. The minimum Gasteiger partial charge on any atom is -0.444 e. The first-order chi connectivity index (χ1) is 25.7. The Balaban J connectivity index is 1.10. The second-order valence-corrected chi connectivity index (χ2v) is 12.8. The predicted octanol–water partition coefficient (Wildman–Crippen LogP) is 7.46. The predicted molar refractivity (Wildman–Crippen MR) is 199 cm³/mol. The van der Waals surface area contributed by atoms with Crippen LogP contribution in [0.25, 0.3) is 16.4 Å². The van der Waals surface area contributed by atoms with E-state index in [1.165, 1.54) is 12.4 Å². The number of aryl methyl sites for hydroxylation is 3. The van der Waals surface area contributed by atoms with Crippen LogP contribution in [0.2, 0.25) is 0 Å². The number of aromatic nitrogens is 5. The van der Waals surface area contributed by atoms with Gasteiger partial charge in [-0.05, 0) is 77.7 Å². The van der Waals surface area contributed by atoms with Gasteiger partial charge in [0.25, 0.3) is 5.91 Å². The van der Waals surface area contributed by atoms with Crippen molar-refractivity contribution in [3.05, 3.63) is 161 Å². The van der Waals surface area contributed by atoms with Gasteiger partial charge in [-0.2, -0.15) is 10.00 Å². The molecule has 0 aliphatic heterocycles. The first-order valence-corrected chi connectivity index (χ1v) is 17.1. The van der Waals surface area contributed by atoms with Gasteiger partial charge in [-0.1, -0.05) is 66.7 Å². The van der Waals surface area contributed by atoms with Gasteiger partial charge in [0.15, 0.2) is 5.82 Å². The minimum atomic E-state index is -0.921. The molecule has 53 heavy (non-hydrogen) atoms. The number of rotatable bonds is 10. The summed E-state index contributed by atoms with van der Waals surface area (Å²) in [6.45, 7) is 6.43. The second-order valence-electron chi connectivity index (χ2n) is 12.8. The van der Waals surface area contributed by atoms with E-state index in [0.717, 1.165) is 55.0 Å². The second kappa shape index (κ2) is 15.2. The zero-order valence-corrected chi connectivity index (χ0v) is 29.5. The lowest BCUT2D eigenvalue weighted by atomic mass is 9.96. The molecule has 0 bridgehead atoms. The van der Waals surface area contributed by atoms with Gasteiger partial charge in [-0.15, -0.1) is 0 Å². The highest BCUT2D eigenvalue weighted by Gasteiger charge is 2.30. The molecule has 266 valence electrons. The molecule has 4 aromatic heterocycles. The van der Waals surface area contributed by atoms with Gasteiger partial charge in [-0.3, -0.25) is 9.48 Å². The summed E-state index contributed by atoms with van der Waals surface area (Å²) >= 11 is 0. The zero-order chi connectivity index (χ0) is 36.9. The molecule has 0 spiro atoms. The number of benzene rings is 3. The topological polar surface area (TPSA) is 133 Å². The van der Waals surface area contributed by atoms with Gasteiger partial charge in [-0.25, -0.2) is 19.6 Å². The Morgan fingerprint density at radius 1 is 0.792 bits per heavy atom. The summed E-state index contributed by atoms with van der Waals surface area (Å²) in [6.07, 6.45) is 6.89. The van der Waals surface area contributed by atoms with Crippen LogP contribution in [0.4, 0.5) is 15.4 Å². The van der Waals surface area contributed by atoms with Crippen LogP contribution in [0.3, 0.4) is 0 Å². The fourth-order valence-electron chi connectivity index (χ4n) is 6.19. The standard InChI is InChI=1S/C41H37N7O5/c1-27-14-15-37-45-33(23-46(37)21-27)24-47-22-32(19-44-47)39(49)43-20-36-28(2)18-35-34(29(36)3)16-17-42-38(35)48(40(50)52-25-30-10-6-4-7-11-30)41(51)53-26-31-12-8-5-9-13-31/h4-19,21-23H,20,24-26H2,1-3H3,(H,43,49). The number of ether oxygens (including phenoxy) is 2. The molecule has 1 N–H and O–H groups in total. The molecule has 0 aliphatic carbocycles. The molecule has 3 amide bonds. The van der Waals surface area contributed by atoms with Crippen LogP contribution in [0.5, 0.6) is 0 Å². The van der Waals surface area contributed by atoms with Crippen LogP contribution < -0.4 is 10.2 Å². The molecule has 3 aromatic carbocycles. The number of pyridine rings is 2. The maximum atomic E-state index is 13.6. The van der Waals surface area contributed by atoms with E-state index < -0.39 is 12.2 Å². The fraction of sp³-hybridized carbons (Fsp3) is 0.171. The van der Waals surface area contributed by atoms with E-state index in [-0.39, 0.29) is 31.5 Å². The largest absolute Gasteiger partial charge is 0.444 e. The third-order valence-electron chi connectivity index (χ3n) is 8.94. The molecule has 0 unspecified atom stereocenters. The molecule has 4 heterocycles. The number of anilines is 1. The third-order valence-corrected chi connectivity index (χ3v) is 8.94. The summed E-state index contributed by atoms with van der Waals surface area (Å²) in [7, 11) is 0. The minimum absolute atomic E-state index is 0.0477. The van der Waals surface area contributed by atoms with E-state index >= 15 is 0 Å². The van der Waals surface area contributed by atoms with E-state index in [1.54, 1.807) is 10.9 Å². The van der Waals surface area contributed by atoms with Crippen molar-refractivity contribution in [2.75, 3.05) is 4.90 Å². The Morgan fingerprint density at radius 3 is 2.15 bits per heavy atom. The Bertz CT molecular complexity index is 2380. The van der Waals surface area contributed by atoms with E-state index in [9.17, 15) is 14.4 Å². The molecular weight excluding hydrogens is 670 g/mol. The molecule has 0 atom stereocenters. The van der Waals surface area contributed by atoms with Crippen molar-refractivity contribution in [2.45, 2.75) is 47.1 Å². The molecule has 0 saturated carbocycles. The van der Waals surface area contributed by atoms with E-state index in [2.05, 4.69) is 20.4 Å². The molecule has 0 radical (unpaired) electrons. The van der Waals surface area contributed by atoms with Crippen molar-refractivity contribution >= 4 is 40.3 Å². The molecule has 12 heteroatoms. The number of hydrogen-bond acceptors (Lipinski definition) is 8. The first kappa shape index (κ1) is 34.6. The average Bonchev–Trinajstić information content (AvgIpc) is 3.80. The lowest BCUT2D eigenvalue weighted by molar-refractivity contribution is 0.0950. The Kier molecular flexibility index (Phi) is 9.93. The summed E-state index contributed by atoms with van der Waals surface area (Å²) in [4.78, 5) is 50.5. The highest BCUT2D eigenvalue weighted by atomic mass is 16.6. The monoisotopic (exact) mass is 707 g/mol. The van der Waals surface area contributed by atoms with Crippen LogP contribution in [0, 0.1) is 20.8 Å². The number of carbonyl (C=O) groups excluding carboxylic acids is 3. The smallest absolute Gasteiger partial charge is 0.425 e. The number of hydrogen-bond donors (Lipinski definition) is 1. The van der Waals surface area contributed by atoms with E-state index in [0.29, 0.717) is 17.5 Å². The van der Waals surface area contributed by atoms with E-state index in [4.69, 9.17) is 9.47 Å². The van der Waals surface area contributed by atoms with Crippen LogP contribution in [0.15, 0.2) is 116 Å². The number of imide groups is 1. The summed E-state index contributed by atoms with van der Waals surface area (Å²) in [5.41, 5.74) is 7.33. The highest BCUT2D eigenvalue weighted by molar-refractivity contribution is 6.14. The maximum absolute atomic E-state index is 13.6. The molecule has 0 saturated heterocycles. The molecule has 7 rings (SSSR count). The quantitative estimate of drug-likeness (QED) is 0.155. The summed E-state index contributed by atoms with van der Waals surface area (Å²) in [6, 6.07) is 26.0. The van der Waals surface area contributed by atoms with Gasteiger partial charge in [0.2, 0.25) is 0 Å². The number of imidazole rings is 1. The lowest BCUT2D eigenvalue weighted by Crippen LogP contribution is -2.38. The number of fused-ring (bicyclic) bond motifs is 2. The maximum Gasteiger partial charge on any atom is 0.425 e. The number of amides is 3. The summed E-state index contributed by atoms with van der Waals surface area (Å²) in [5.74, 6) is -0.196. The van der Waals surface area contributed by atoms with Crippen molar-refractivity contribution in [3.63, 3.8) is 0 Å². The average molecular weight is 708 g/mol. The van der Waals surface area contributed by atoms with Crippen LogP contribution >= 0.6 is 0 Å². The first-order valence-electron chi connectivity index (χ1n) is 17.1. The number of carbonyl (C=O) groups is 3. The normalized spacial score (nSPS) is 11.1. The van der Waals surface area contributed by atoms with Gasteiger partial charge in [0.1, 0.15) is 18.9 Å². The lowest BCUT2D eigenvalue weighted by Gasteiger charge is -2.22. The van der Waals surface area contributed by atoms with Crippen molar-refractivity contribution in [2.24, 2.45) is 0 Å². The van der Waals surface area contributed by atoms with Crippen molar-refractivity contribution in [1.29, 1.82) is 0 Å². The van der Waals surface area contributed by atoms with Crippen LogP contribution in [-0.4, -0.2) is 42.2 Å². The fourth-order valence-corrected chi connectivity index (χ4v) is 6.19. The van der Waals surface area contributed by atoms with Gasteiger partial charge >= 0.3 is 12.2 Å². The van der Waals surface area contributed by atoms with Gasteiger partial charge in [0.05, 0.1) is 24.0 Å². The Morgan fingerprint density at radius 2 is 1.47 bits per heavy atom. The molecular formula is C41H37N7O5. The van der Waals surface area contributed by atoms with Crippen molar-refractivity contribution < 1.29 is 23.9 Å².